The molecule has 2 N–H and O–H groups in total. The Labute approximate surface area is 99.7 Å². The number of fused-ring (bicyclic) bond motifs is 2. The maximum absolute atomic E-state index is 11.3. The van der Waals surface area contributed by atoms with Crippen molar-refractivity contribution in [2.45, 2.75) is 24.9 Å². The Morgan fingerprint density at radius 3 is 3.18 bits per heavy atom. The third-order valence-electron chi connectivity index (χ3n) is 3.59. The van der Waals surface area contributed by atoms with Gasteiger partial charge < -0.3 is 9.84 Å². The summed E-state index contributed by atoms with van der Waals surface area (Å²) in [7, 11) is 0. The molecule has 0 aromatic rings. The molecule has 3 aliphatic rings. The highest BCUT2D eigenvalue weighted by Crippen LogP contribution is 2.36. The van der Waals surface area contributed by atoms with Gasteiger partial charge in [-0.3, -0.25) is 10.1 Å². The normalized spacial score (nSPS) is 34.9. The maximum atomic E-state index is 11.3. The molecule has 0 amide bonds. The zero-order chi connectivity index (χ0) is 11.8. The largest absolute Gasteiger partial charge is 0.497 e. The molecule has 4 heteroatoms. The molecule has 0 aromatic carbocycles. The van der Waals surface area contributed by atoms with Crippen LogP contribution in [0.4, 0.5) is 0 Å². The van der Waals surface area contributed by atoms with Gasteiger partial charge in [0.1, 0.15) is 11.8 Å². The molecule has 0 aromatic heterocycles. The van der Waals surface area contributed by atoms with E-state index in [1.54, 1.807) is 0 Å². The van der Waals surface area contributed by atoms with E-state index in [4.69, 9.17) is 4.74 Å². The van der Waals surface area contributed by atoms with Crippen LogP contribution >= 0.6 is 0 Å². The molecule has 0 saturated carbocycles. The van der Waals surface area contributed by atoms with Gasteiger partial charge in [-0.15, -0.1) is 0 Å². The van der Waals surface area contributed by atoms with Gasteiger partial charge in [0, 0.05) is 11.5 Å². The van der Waals surface area contributed by atoms with Gasteiger partial charge in [-0.25, -0.2) is 0 Å². The zero-order valence-corrected chi connectivity index (χ0v) is 9.43. The lowest BCUT2D eigenvalue weighted by Crippen LogP contribution is -2.53. The van der Waals surface area contributed by atoms with E-state index in [9.17, 15) is 9.90 Å². The van der Waals surface area contributed by atoms with Crippen molar-refractivity contribution in [3.8, 4) is 0 Å². The van der Waals surface area contributed by atoms with E-state index in [-0.39, 0.29) is 12.0 Å². The van der Waals surface area contributed by atoms with Gasteiger partial charge in [0.25, 0.3) is 0 Å². The lowest BCUT2D eigenvalue weighted by atomic mass is 9.81. The SMILES string of the molecule is O=C(O)C1NC2C=CC=CC2=C2OCCCC21. The van der Waals surface area contributed by atoms with Gasteiger partial charge in [-0.2, -0.15) is 0 Å². The molecule has 0 radical (unpaired) electrons. The number of rotatable bonds is 1. The van der Waals surface area contributed by atoms with Crippen LogP contribution in [0.25, 0.3) is 0 Å². The number of nitrogens with one attached hydrogen (secondary N) is 1. The molecule has 2 aliphatic heterocycles. The summed E-state index contributed by atoms with van der Waals surface area (Å²) < 4.78 is 5.72. The van der Waals surface area contributed by atoms with E-state index in [0.717, 1.165) is 24.2 Å². The molecule has 0 spiro atoms. The molecular weight excluding hydrogens is 218 g/mol. The van der Waals surface area contributed by atoms with E-state index in [2.05, 4.69) is 5.32 Å². The van der Waals surface area contributed by atoms with E-state index in [1.807, 2.05) is 24.3 Å². The predicted octanol–water partition coefficient (Wildman–Crippen LogP) is 1.22. The van der Waals surface area contributed by atoms with Crippen LogP contribution in [0, 0.1) is 5.92 Å². The van der Waals surface area contributed by atoms with Crippen molar-refractivity contribution in [2.24, 2.45) is 5.92 Å². The molecule has 3 unspecified atom stereocenters. The topological polar surface area (TPSA) is 58.6 Å². The zero-order valence-electron chi connectivity index (χ0n) is 9.43. The summed E-state index contributed by atoms with van der Waals surface area (Å²) in [6.07, 6.45) is 9.71. The quantitative estimate of drug-likeness (QED) is 0.715. The van der Waals surface area contributed by atoms with Gasteiger partial charge in [-0.1, -0.05) is 24.3 Å². The summed E-state index contributed by atoms with van der Waals surface area (Å²) in [6.45, 7) is 0.700. The molecular formula is C13H15NO3. The van der Waals surface area contributed by atoms with Crippen molar-refractivity contribution in [3.63, 3.8) is 0 Å². The van der Waals surface area contributed by atoms with E-state index in [0.29, 0.717) is 6.61 Å². The minimum atomic E-state index is -0.792. The number of carboxylic acid groups (broad SMARTS) is 1. The Hall–Kier alpha value is -1.55. The van der Waals surface area contributed by atoms with Crippen LogP contribution in [0.3, 0.4) is 0 Å². The van der Waals surface area contributed by atoms with Gasteiger partial charge in [0.15, 0.2) is 0 Å². The van der Waals surface area contributed by atoms with Crippen molar-refractivity contribution in [2.75, 3.05) is 6.61 Å². The molecule has 3 atom stereocenters. The Balaban J connectivity index is 2.03. The Morgan fingerprint density at radius 2 is 2.35 bits per heavy atom. The first kappa shape index (κ1) is 10.6. The summed E-state index contributed by atoms with van der Waals surface area (Å²) >= 11 is 0. The summed E-state index contributed by atoms with van der Waals surface area (Å²) in [4.78, 5) is 11.3. The average molecular weight is 233 g/mol. The van der Waals surface area contributed by atoms with Gasteiger partial charge in [0.05, 0.1) is 12.6 Å². The number of hydrogen-bond donors (Lipinski definition) is 2. The molecule has 90 valence electrons. The van der Waals surface area contributed by atoms with Crippen LogP contribution in [0.15, 0.2) is 35.6 Å². The van der Waals surface area contributed by atoms with Crippen LogP contribution in [-0.2, 0) is 9.53 Å². The summed E-state index contributed by atoms with van der Waals surface area (Å²) in [5.41, 5.74) is 1.09. The number of carboxylic acids is 1. The highest BCUT2D eigenvalue weighted by molar-refractivity contribution is 5.75. The highest BCUT2D eigenvalue weighted by atomic mass is 16.5. The van der Waals surface area contributed by atoms with Gasteiger partial charge in [0.2, 0.25) is 0 Å². The van der Waals surface area contributed by atoms with E-state index >= 15 is 0 Å². The van der Waals surface area contributed by atoms with Crippen LogP contribution in [0.5, 0.6) is 0 Å². The van der Waals surface area contributed by atoms with Crippen molar-refractivity contribution in [1.29, 1.82) is 0 Å². The fraction of sp³-hybridized carbons (Fsp3) is 0.462. The Morgan fingerprint density at radius 1 is 1.47 bits per heavy atom. The summed E-state index contributed by atoms with van der Waals surface area (Å²) in [5, 5.41) is 12.5. The maximum Gasteiger partial charge on any atom is 0.321 e. The molecule has 1 fully saturated rings. The van der Waals surface area contributed by atoms with E-state index in [1.165, 1.54) is 0 Å². The second-order valence-electron chi connectivity index (χ2n) is 4.62. The smallest absolute Gasteiger partial charge is 0.321 e. The molecule has 17 heavy (non-hydrogen) atoms. The summed E-state index contributed by atoms with van der Waals surface area (Å²) in [6, 6.07) is -0.555. The predicted molar refractivity (Wildman–Crippen MR) is 62.3 cm³/mol. The lowest BCUT2D eigenvalue weighted by molar-refractivity contribution is -0.142. The third kappa shape index (κ3) is 1.69. The first-order valence-corrected chi connectivity index (χ1v) is 5.98. The van der Waals surface area contributed by atoms with Crippen LogP contribution < -0.4 is 5.32 Å². The fourth-order valence-electron chi connectivity index (χ4n) is 2.81. The minimum Gasteiger partial charge on any atom is -0.497 e. The molecule has 3 rings (SSSR count). The summed E-state index contributed by atoms with van der Waals surface area (Å²) in [5.74, 6) is 0.0663. The molecule has 1 saturated heterocycles. The number of aliphatic carboxylic acids is 1. The Bertz CT molecular complexity index is 436. The molecule has 2 heterocycles. The van der Waals surface area contributed by atoms with Crippen LogP contribution in [0.2, 0.25) is 0 Å². The fourth-order valence-corrected chi connectivity index (χ4v) is 2.81. The monoisotopic (exact) mass is 233 g/mol. The van der Waals surface area contributed by atoms with Gasteiger partial charge >= 0.3 is 5.97 Å². The number of allylic oxidation sites excluding steroid dienone is 2. The number of hydrogen-bond acceptors (Lipinski definition) is 3. The van der Waals surface area contributed by atoms with E-state index < -0.39 is 12.0 Å². The highest BCUT2D eigenvalue weighted by Gasteiger charge is 2.41. The number of ether oxygens (including phenoxy) is 1. The van der Waals surface area contributed by atoms with Crippen molar-refractivity contribution in [3.05, 3.63) is 35.6 Å². The minimum absolute atomic E-state index is 0.0227. The van der Waals surface area contributed by atoms with Crippen molar-refractivity contribution < 1.29 is 14.6 Å². The first-order valence-electron chi connectivity index (χ1n) is 5.98. The Kier molecular flexibility index (Phi) is 2.52. The molecule has 4 nitrogen and oxygen atoms in total. The van der Waals surface area contributed by atoms with Crippen molar-refractivity contribution in [1.82, 2.24) is 5.32 Å². The second kappa shape index (κ2) is 4.04. The van der Waals surface area contributed by atoms with Crippen LogP contribution in [0.1, 0.15) is 12.8 Å². The van der Waals surface area contributed by atoms with Gasteiger partial charge in [-0.05, 0) is 12.8 Å². The lowest BCUT2D eigenvalue weighted by Gasteiger charge is -2.40. The number of carbonyl (C=O) groups is 1. The third-order valence-corrected chi connectivity index (χ3v) is 3.59. The van der Waals surface area contributed by atoms with Crippen molar-refractivity contribution >= 4 is 5.97 Å². The van der Waals surface area contributed by atoms with Crippen LogP contribution in [-0.4, -0.2) is 29.8 Å². The average Bonchev–Trinajstić information content (AvgIpc) is 2.37. The molecule has 0 bridgehead atoms. The molecule has 1 aliphatic carbocycles. The standard InChI is InChI=1S/C13H15NO3/c15-13(16)11-9-5-3-7-17-12(9)8-4-1-2-6-10(8)14-11/h1-2,4,6,9-11,14H,3,5,7H2,(H,15,16). The first-order chi connectivity index (χ1) is 8.27. The second-order valence-corrected chi connectivity index (χ2v) is 4.62.